The number of carbonyl (C=O) groups is 1. The van der Waals surface area contributed by atoms with E-state index >= 15 is 0 Å². The van der Waals surface area contributed by atoms with Crippen molar-refractivity contribution >= 4 is 11.7 Å². The molecule has 0 saturated carbocycles. The first-order valence-electron chi connectivity index (χ1n) is 5.94. The molecule has 0 radical (unpaired) electrons. The molecule has 5 nitrogen and oxygen atoms in total. The number of hydrogen-bond acceptors (Lipinski definition) is 4. The van der Waals surface area contributed by atoms with Gasteiger partial charge >= 0.3 is 0 Å². The summed E-state index contributed by atoms with van der Waals surface area (Å²) in [5.41, 5.74) is 6.22. The summed E-state index contributed by atoms with van der Waals surface area (Å²) in [6.07, 6.45) is 1.56. The molecule has 0 bridgehead atoms. The number of rotatable bonds is 4. The summed E-state index contributed by atoms with van der Waals surface area (Å²) in [6, 6.07) is 7.38. The monoisotopic (exact) mass is 275 g/mol. The highest BCUT2D eigenvalue weighted by Gasteiger charge is 2.13. The van der Waals surface area contributed by atoms with E-state index in [0.29, 0.717) is 18.1 Å². The van der Waals surface area contributed by atoms with E-state index in [2.05, 4.69) is 10.3 Å². The van der Waals surface area contributed by atoms with Gasteiger partial charge in [0.2, 0.25) is 0 Å². The van der Waals surface area contributed by atoms with Gasteiger partial charge in [0.05, 0.1) is 12.7 Å². The zero-order valence-corrected chi connectivity index (χ0v) is 10.9. The second-order valence-corrected chi connectivity index (χ2v) is 4.06. The van der Waals surface area contributed by atoms with Gasteiger partial charge in [0.25, 0.3) is 5.91 Å². The van der Waals surface area contributed by atoms with Gasteiger partial charge in [0.1, 0.15) is 17.4 Å². The molecule has 6 heteroatoms. The number of anilines is 1. The van der Waals surface area contributed by atoms with Gasteiger partial charge in [-0.3, -0.25) is 4.79 Å². The summed E-state index contributed by atoms with van der Waals surface area (Å²) in [4.78, 5) is 16.0. The Bertz CT molecular complexity index is 614. The van der Waals surface area contributed by atoms with Gasteiger partial charge in [0.15, 0.2) is 0 Å². The molecule has 0 saturated heterocycles. The Kier molecular flexibility index (Phi) is 4.27. The lowest BCUT2D eigenvalue weighted by atomic mass is 10.2. The Labute approximate surface area is 115 Å². The van der Waals surface area contributed by atoms with Crippen molar-refractivity contribution < 1.29 is 13.9 Å². The van der Waals surface area contributed by atoms with Crippen molar-refractivity contribution in [2.24, 2.45) is 5.73 Å². The number of hydrogen-bond donors (Lipinski definition) is 2. The Hall–Kier alpha value is -2.47. The number of aromatic nitrogens is 1. The minimum Gasteiger partial charge on any atom is -0.497 e. The molecule has 2 aromatic rings. The summed E-state index contributed by atoms with van der Waals surface area (Å²) < 4.78 is 18.6. The number of carbonyl (C=O) groups excluding carboxylic acids is 1. The van der Waals surface area contributed by atoms with Gasteiger partial charge in [-0.25, -0.2) is 9.37 Å². The van der Waals surface area contributed by atoms with Crippen molar-refractivity contribution in [3.63, 3.8) is 0 Å². The van der Waals surface area contributed by atoms with Gasteiger partial charge < -0.3 is 15.8 Å². The summed E-state index contributed by atoms with van der Waals surface area (Å²) in [5, 5.41) is 2.52. The number of nitrogens with two attached hydrogens (primary N) is 1. The van der Waals surface area contributed by atoms with E-state index in [0.717, 1.165) is 11.6 Å². The maximum atomic E-state index is 13.7. The second-order valence-electron chi connectivity index (χ2n) is 4.06. The first-order chi connectivity index (χ1) is 9.63. The van der Waals surface area contributed by atoms with Crippen LogP contribution in [0.15, 0.2) is 36.5 Å². The zero-order valence-electron chi connectivity index (χ0n) is 10.9. The van der Waals surface area contributed by atoms with Crippen LogP contribution in [-0.2, 0) is 6.54 Å². The highest BCUT2D eigenvalue weighted by atomic mass is 19.1. The average molecular weight is 275 g/mol. The quantitative estimate of drug-likeness (QED) is 0.894. The van der Waals surface area contributed by atoms with Crippen LogP contribution in [0.5, 0.6) is 5.75 Å². The molecule has 0 spiro atoms. The first kappa shape index (κ1) is 14.0. The highest BCUT2D eigenvalue weighted by Crippen LogP contribution is 2.17. The lowest BCUT2D eigenvalue weighted by Crippen LogP contribution is -2.14. The van der Waals surface area contributed by atoms with Crippen LogP contribution in [0.25, 0.3) is 0 Å². The SMILES string of the molecule is COc1ccc(C(=O)Nc2ccc(CN)cn2)c(F)c1. The number of pyridine rings is 1. The maximum absolute atomic E-state index is 13.7. The predicted octanol–water partition coefficient (Wildman–Crippen LogP) is 1.94. The lowest BCUT2D eigenvalue weighted by Gasteiger charge is -2.07. The van der Waals surface area contributed by atoms with Crippen LogP contribution < -0.4 is 15.8 Å². The van der Waals surface area contributed by atoms with E-state index in [-0.39, 0.29) is 5.56 Å². The van der Waals surface area contributed by atoms with Crippen LogP contribution in [0, 0.1) is 5.82 Å². The molecule has 1 aromatic carbocycles. The molecule has 1 aromatic heterocycles. The number of halogens is 1. The van der Waals surface area contributed by atoms with Crippen molar-refractivity contribution in [2.75, 3.05) is 12.4 Å². The van der Waals surface area contributed by atoms with Crippen molar-refractivity contribution in [1.82, 2.24) is 4.98 Å². The Morgan fingerprint density at radius 2 is 2.20 bits per heavy atom. The fraction of sp³-hybridized carbons (Fsp3) is 0.143. The molecule has 0 aliphatic heterocycles. The van der Waals surface area contributed by atoms with Crippen molar-refractivity contribution in [1.29, 1.82) is 0 Å². The predicted molar refractivity (Wildman–Crippen MR) is 73.0 cm³/mol. The third kappa shape index (κ3) is 3.10. The smallest absolute Gasteiger partial charge is 0.259 e. The van der Waals surface area contributed by atoms with E-state index in [9.17, 15) is 9.18 Å². The molecule has 20 heavy (non-hydrogen) atoms. The largest absolute Gasteiger partial charge is 0.497 e. The summed E-state index contributed by atoms with van der Waals surface area (Å²) >= 11 is 0. The van der Waals surface area contributed by atoms with E-state index < -0.39 is 11.7 Å². The molecular formula is C14H14FN3O2. The number of ether oxygens (including phenoxy) is 1. The fourth-order valence-corrected chi connectivity index (χ4v) is 1.61. The molecule has 104 valence electrons. The molecule has 3 N–H and O–H groups in total. The number of nitrogens with zero attached hydrogens (tertiary/aromatic N) is 1. The Morgan fingerprint density at radius 1 is 1.40 bits per heavy atom. The van der Waals surface area contributed by atoms with Gasteiger partial charge in [-0.2, -0.15) is 0 Å². The molecule has 0 aliphatic rings. The minimum absolute atomic E-state index is 0.0736. The zero-order chi connectivity index (χ0) is 14.5. The molecule has 1 amide bonds. The number of benzene rings is 1. The summed E-state index contributed by atoms with van der Waals surface area (Å²) in [6.45, 7) is 0.369. The second kappa shape index (κ2) is 6.12. The molecule has 0 aliphatic carbocycles. The van der Waals surface area contributed by atoms with Crippen LogP contribution in [-0.4, -0.2) is 18.0 Å². The van der Waals surface area contributed by atoms with Gasteiger partial charge in [-0.05, 0) is 23.8 Å². The van der Waals surface area contributed by atoms with Crippen molar-refractivity contribution in [3.8, 4) is 5.75 Å². The normalized spacial score (nSPS) is 10.2. The van der Waals surface area contributed by atoms with Crippen LogP contribution >= 0.6 is 0 Å². The lowest BCUT2D eigenvalue weighted by molar-refractivity contribution is 0.102. The maximum Gasteiger partial charge on any atom is 0.259 e. The van der Waals surface area contributed by atoms with Crippen LogP contribution in [0.2, 0.25) is 0 Å². The van der Waals surface area contributed by atoms with Crippen LogP contribution in [0.1, 0.15) is 15.9 Å². The standard InChI is InChI=1S/C14H14FN3O2/c1-20-10-3-4-11(12(15)6-10)14(19)18-13-5-2-9(7-16)8-17-13/h2-6,8H,7,16H2,1H3,(H,17,18,19). The van der Waals surface area contributed by atoms with E-state index in [1.165, 1.54) is 19.2 Å². The first-order valence-corrected chi connectivity index (χ1v) is 5.94. The van der Waals surface area contributed by atoms with Gasteiger partial charge in [-0.1, -0.05) is 6.07 Å². The number of amides is 1. The molecule has 2 rings (SSSR count). The summed E-state index contributed by atoms with van der Waals surface area (Å²) in [5.74, 6) is -0.537. The van der Waals surface area contributed by atoms with Crippen molar-refractivity contribution in [2.45, 2.75) is 6.54 Å². The Balaban J connectivity index is 2.14. The number of methoxy groups -OCH3 is 1. The van der Waals surface area contributed by atoms with Crippen LogP contribution in [0.4, 0.5) is 10.2 Å². The molecule has 1 heterocycles. The fourth-order valence-electron chi connectivity index (χ4n) is 1.61. The van der Waals surface area contributed by atoms with E-state index in [1.54, 1.807) is 18.3 Å². The van der Waals surface area contributed by atoms with Crippen LogP contribution in [0.3, 0.4) is 0 Å². The number of nitrogens with one attached hydrogen (secondary N) is 1. The minimum atomic E-state index is -0.652. The third-order valence-electron chi connectivity index (χ3n) is 2.72. The molecule has 0 unspecified atom stereocenters. The van der Waals surface area contributed by atoms with E-state index in [4.69, 9.17) is 10.5 Å². The van der Waals surface area contributed by atoms with E-state index in [1.807, 2.05) is 0 Å². The Morgan fingerprint density at radius 3 is 2.75 bits per heavy atom. The molecule has 0 atom stereocenters. The summed E-state index contributed by atoms with van der Waals surface area (Å²) in [7, 11) is 1.43. The third-order valence-corrected chi connectivity index (χ3v) is 2.72. The average Bonchev–Trinajstić information content (AvgIpc) is 2.47. The topological polar surface area (TPSA) is 77.2 Å². The van der Waals surface area contributed by atoms with Gasteiger partial charge in [0, 0.05) is 18.8 Å². The van der Waals surface area contributed by atoms with Crippen molar-refractivity contribution in [3.05, 3.63) is 53.5 Å². The highest BCUT2D eigenvalue weighted by molar-refractivity contribution is 6.04. The van der Waals surface area contributed by atoms with Gasteiger partial charge in [-0.15, -0.1) is 0 Å². The molecular weight excluding hydrogens is 261 g/mol. The molecule has 0 fully saturated rings.